The monoisotopic (exact) mass is 353 g/mol. The zero-order valence-electron chi connectivity index (χ0n) is 14.8. The van der Waals surface area contributed by atoms with Crippen LogP contribution in [0.5, 0.6) is 0 Å². The first-order valence-corrected chi connectivity index (χ1v) is 9.24. The molecular formula is C22H19N5. The number of rotatable bonds is 5. The Labute approximate surface area is 157 Å². The number of hydrogen-bond acceptors (Lipinski definition) is 5. The molecule has 0 aliphatic heterocycles. The fraction of sp³-hybridized carbons (Fsp3) is 0.182. The summed E-state index contributed by atoms with van der Waals surface area (Å²) in [5.74, 6) is 2.28. The number of fused-ring (bicyclic) bond motifs is 1. The van der Waals surface area contributed by atoms with Crippen LogP contribution in [-0.4, -0.2) is 26.5 Å². The molecule has 132 valence electrons. The molecule has 5 rings (SSSR count). The van der Waals surface area contributed by atoms with E-state index in [4.69, 9.17) is 9.97 Å². The normalized spacial score (nSPS) is 13.6. The SMILES string of the molecule is c1ccc(-c2cccc3nc(-c4cncnc4)nc(NCC4CC4)c23)cc1. The molecule has 2 aromatic heterocycles. The minimum atomic E-state index is 0.645. The van der Waals surface area contributed by atoms with E-state index < -0.39 is 0 Å². The summed E-state index contributed by atoms with van der Waals surface area (Å²) in [6.07, 6.45) is 7.60. The first-order chi connectivity index (χ1) is 13.4. The predicted octanol–water partition coefficient (Wildman–Crippen LogP) is 4.58. The zero-order chi connectivity index (χ0) is 18.1. The van der Waals surface area contributed by atoms with Gasteiger partial charge in [0.1, 0.15) is 12.1 Å². The van der Waals surface area contributed by atoms with Crippen LogP contribution in [-0.2, 0) is 0 Å². The van der Waals surface area contributed by atoms with Crippen LogP contribution in [0.4, 0.5) is 5.82 Å². The van der Waals surface area contributed by atoms with Crippen molar-refractivity contribution in [3.8, 4) is 22.5 Å². The molecule has 0 amide bonds. The molecule has 5 nitrogen and oxygen atoms in total. The summed E-state index contributed by atoms with van der Waals surface area (Å²) in [4.78, 5) is 17.9. The maximum atomic E-state index is 4.85. The Balaban J connectivity index is 1.71. The Kier molecular flexibility index (Phi) is 3.98. The van der Waals surface area contributed by atoms with Crippen molar-refractivity contribution in [3.05, 3.63) is 67.3 Å². The molecule has 0 bridgehead atoms. The van der Waals surface area contributed by atoms with Gasteiger partial charge in [0.05, 0.1) is 16.5 Å². The van der Waals surface area contributed by atoms with Gasteiger partial charge in [0, 0.05) is 18.9 Å². The van der Waals surface area contributed by atoms with Crippen LogP contribution in [0, 0.1) is 5.92 Å². The molecule has 1 N–H and O–H groups in total. The summed E-state index contributed by atoms with van der Waals surface area (Å²) in [5.41, 5.74) is 4.04. The summed E-state index contributed by atoms with van der Waals surface area (Å²) in [6.45, 7) is 0.944. The van der Waals surface area contributed by atoms with Crippen molar-refractivity contribution < 1.29 is 0 Å². The molecule has 0 atom stereocenters. The molecule has 1 aliphatic carbocycles. The minimum Gasteiger partial charge on any atom is -0.369 e. The highest BCUT2D eigenvalue weighted by atomic mass is 15.0. The largest absolute Gasteiger partial charge is 0.369 e. The van der Waals surface area contributed by atoms with Crippen molar-refractivity contribution in [1.29, 1.82) is 0 Å². The second-order valence-electron chi connectivity index (χ2n) is 6.91. The molecule has 4 aromatic rings. The Morgan fingerprint density at radius 1 is 0.852 bits per heavy atom. The second-order valence-corrected chi connectivity index (χ2v) is 6.91. The first kappa shape index (κ1) is 15.9. The number of anilines is 1. The van der Waals surface area contributed by atoms with Crippen molar-refractivity contribution in [2.24, 2.45) is 5.92 Å². The first-order valence-electron chi connectivity index (χ1n) is 9.24. The second kappa shape index (κ2) is 6.76. The summed E-state index contributed by atoms with van der Waals surface area (Å²) < 4.78 is 0. The topological polar surface area (TPSA) is 63.6 Å². The third-order valence-corrected chi connectivity index (χ3v) is 4.88. The Morgan fingerprint density at radius 2 is 1.67 bits per heavy atom. The van der Waals surface area contributed by atoms with Gasteiger partial charge in [0.15, 0.2) is 5.82 Å². The van der Waals surface area contributed by atoms with Gasteiger partial charge in [-0.1, -0.05) is 42.5 Å². The maximum absolute atomic E-state index is 4.85. The summed E-state index contributed by atoms with van der Waals surface area (Å²) in [7, 11) is 0. The van der Waals surface area contributed by atoms with Crippen LogP contribution < -0.4 is 5.32 Å². The molecule has 1 fully saturated rings. The van der Waals surface area contributed by atoms with Crippen molar-refractivity contribution in [3.63, 3.8) is 0 Å². The molecule has 2 aromatic carbocycles. The summed E-state index contributed by atoms with van der Waals surface area (Å²) >= 11 is 0. The van der Waals surface area contributed by atoms with Crippen molar-refractivity contribution in [1.82, 2.24) is 19.9 Å². The Bertz CT molecular complexity index is 1080. The molecule has 0 spiro atoms. The lowest BCUT2D eigenvalue weighted by molar-refractivity contribution is 0.884. The zero-order valence-corrected chi connectivity index (χ0v) is 14.8. The average Bonchev–Trinajstić information content (AvgIpc) is 3.57. The van der Waals surface area contributed by atoms with E-state index in [0.29, 0.717) is 5.82 Å². The van der Waals surface area contributed by atoms with E-state index in [1.54, 1.807) is 12.4 Å². The van der Waals surface area contributed by atoms with E-state index in [2.05, 4.69) is 45.6 Å². The van der Waals surface area contributed by atoms with Crippen LogP contribution in [0.15, 0.2) is 67.3 Å². The highest BCUT2D eigenvalue weighted by molar-refractivity contribution is 6.02. The van der Waals surface area contributed by atoms with Gasteiger partial charge in [-0.05, 0) is 36.0 Å². The van der Waals surface area contributed by atoms with Crippen LogP contribution in [0.2, 0.25) is 0 Å². The third kappa shape index (κ3) is 3.24. The van der Waals surface area contributed by atoms with E-state index >= 15 is 0 Å². The number of aromatic nitrogens is 4. The van der Waals surface area contributed by atoms with Crippen LogP contribution in [0.1, 0.15) is 12.8 Å². The van der Waals surface area contributed by atoms with Crippen molar-refractivity contribution in [2.45, 2.75) is 12.8 Å². The highest BCUT2D eigenvalue weighted by Gasteiger charge is 2.22. The fourth-order valence-corrected chi connectivity index (χ4v) is 3.28. The number of benzene rings is 2. The quantitative estimate of drug-likeness (QED) is 0.569. The molecule has 27 heavy (non-hydrogen) atoms. The lowest BCUT2D eigenvalue weighted by Gasteiger charge is -2.14. The number of hydrogen-bond donors (Lipinski definition) is 1. The summed E-state index contributed by atoms with van der Waals surface area (Å²) in [6, 6.07) is 16.6. The molecule has 0 saturated heterocycles. The van der Waals surface area contributed by atoms with Crippen LogP contribution in [0.25, 0.3) is 33.4 Å². The molecular weight excluding hydrogens is 334 g/mol. The standard InChI is InChI=1S/C22H19N5/c1-2-5-16(6-3-1)18-7-4-8-19-20(18)22(25-11-15-9-10-15)27-21(26-19)17-12-23-14-24-13-17/h1-8,12-15H,9-11H2,(H,25,26,27). The smallest absolute Gasteiger partial charge is 0.165 e. The molecule has 0 unspecified atom stereocenters. The molecule has 2 heterocycles. The molecule has 5 heteroatoms. The van der Waals surface area contributed by atoms with E-state index in [1.165, 1.54) is 19.2 Å². The van der Waals surface area contributed by atoms with Gasteiger partial charge in [-0.2, -0.15) is 0 Å². The molecule has 0 radical (unpaired) electrons. The Morgan fingerprint density at radius 3 is 2.44 bits per heavy atom. The number of nitrogens with zero attached hydrogens (tertiary/aromatic N) is 4. The van der Waals surface area contributed by atoms with E-state index in [-0.39, 0.29) is 0 Å². The van der Waals surface area contributed by atoms with E-state index in [1.807, 2.05) is 18.2 Å². The third-order valence-electron chi connectivity index (χ3n) is 4.88. The van der Waals surface area contributed by atoms with Gasteiger partial charge in [-0.3, -0.25) is 0 Å². The van der Waals surface area contributed by atoms with Crippen LogP contribution in [0.3, 0.4) is 0 Å². The van der Waals surface area contributed by atoms with E-state index in [0.717, 1.165) is 45.9 Å². The van der Waals surface area contributed by atoms with Crippen molar-refractivity contribution >= 4 is 16.7 Å². The average molecular weight is 353 g/mol. The summed E-state index contributed by atoms with van der Waals surface area (Å²) in [5, 5.41) is 4.64. The Hall–Kier alpha value is -3.34. The van der Waals surface area contributed by atoms with E-state index in [9.17, 15) is 0 Å². The van der Waals surface area contributed by atoms with Gasteiger partial charge >= 0.3 is 0 Å². The number of nitrogens with one attached hydrogen (secondary N) is 1. The maximum Gasteiger partial charge on any atom is 0.165 e. The predicted molar refractivity (Wildman–Crippen MR) is 107 cm³/mol. The van der Waals surface area contributed by atoms with Gasteiger partial charge in [-0.25, -0.2) is 19.9 Å². The molecule has 1 aliphatic rings. The fourth-order valence-electron chi connectivity index (χ4n) is 3.28. The lowest BCUT2D eigenvalue weighted by atomic mass is 10.0. The van der Waals surface area contributed by atoms with Gasteiger partial charge < -0.3 is 5.32 Å². The van der Waals surface area contributed by atoms with Gasteiger partial charge in [0.2, 0.25) is 0 Å². The lowest BCUT2D eigenvalue weighted by Crippen LogP contribution is -2.07. The molecule has 1 saturated carbocycles. The van der Waals surface area contributed by atoms with Gasteiger partial charge in [-0.15, -0.1) is 0 Å². The minimum absolute atomic E-state index is 0.645. The van der Waals surface area contributed by atoms with Crippen molar-refractivity contribution in [2.75, 3.05) is 11.9 Å². The highest BCUT2D eigenvalue weighted by Crippen LogP contribution is 2.35. The van der Waals surface area contributed by atoms with Gasteiger partial charge in [0.25, 0.3) is 0 Å². The van der Waals surface area contributed by atoms with Crippen LogP contribution >= 0.6 is 0 Å².